The molecule has 0 aliphatic rings. The number of fused-ring (bicyclic) bond motifs is 1. The summed E-state index contributed by atoms with van der Waals surface area (Å²) in [5, 5.41) is 30.0. The van der Waals surface area contributed by atoms with Crippen molar-refractivity contribution in [1.82, 2.24) is 26.3 Å². The van der Waals surface area contributed by atoms with Gasteiger partial charge in [-0.25, -0.2) is 13.8 Å². The maximum atomic E-state index is 14.0. The van der Waals surface area contributed by atoms with Crippen LogP contribution in [-0.2, 0) is 33.5 Å². The fourth-order valence-corrected chi connectivity index (χ4v) is 5.22. The molecule has 0 spiro atoms. The van der Waals surface area contributed by atoms with Gasteiger partial charge >= 0.3 is 11.9 Å². The van der Waals surface area contributed by atoms with E-state index in [1.807, 2.05) is 6.07 Å². The standard InChI is InChI=1S/C37H43F2N5O11/c1-19(2)16-28(43-34(50)25-13-12-21-8-5-6-11-24(21)40-25)36(52)41-26(14-15-30(47)48)35(51)44-32(20(3)45)37(53)42-27(17-31(49)54-4)29(46)18-55-33-22(38)9-7-10-23(33)39/h5-13,19-20,26-28,32,45H,14-18H2,1-4H3,(H,41,52)(H,42,53)(H,43,50)(H,44,51)(H,47,48)/t20?,26-,27?,28-,32?/m0/s1. The maximum absolute atomic E-state index is 14.0. The normalized spacial score (nSPS) is 13.7. The third kappa shape index (κ3) is 13.1. The molecular weight excluding hydrogens is 728 g/mol. The molecule has 0 aliphatic heterocycles. The van der Waals surface area contributed by atoms with Gasteiger partial charge in [0.25, 0.3) is 5.91 Å². The summed E-state index contributed by atoms with van der Waals surface area (Å²) >= 11 is 0. The molecule has 3 unspecified atom stereocenters. The van der Waals surface area contributed by atoms with Crippen LogP contribution >= 0.6 is 0 Å². The molecule has 18 heteroatoms. The van der Waals surface area contributed by atoms with Crippen molar-refractivity contribution in [2.24, 2.45) is 5.92 Å². The number of Topliss-reactive ketones (excluding diaryl/α,β-unsaturated/α-hetero) is 1. The molecule has 4 amide bonds. The molecule has 1 heterocycles. The minimum atomic E-state index is -1.85. The Morgan fingerprint density at radius 1 is 0.782 bits per heavy atom. The molecule has 16 nitrogen and oxygen atoms in total. The predicted molar refractivity (Wildman–Crippen MR) is 190 cm³/mol. The predicted octanol–water partition coefficient (Wildman–Crippen LogP) is 1.57. The van der Waals surface area contributed by atoms with Crippen LogP contribution in [0.5, 0.6) is 5.75 Å². The molecular formula is C37H43F2N5O11. The summed E-state index contributed by atoms with van der Waals surface area (Å²) < 4.78 is 37.6. The van der Waals surface area contributed by atoms with Crippen molar-refractivity contribution in [3.05, 3.63) is 71.9 Å². The SMILES string of the molecule is COC(=O)CC(NC(=O)C(NC(=O)[C@H](CCC(=O)O)NC(=O)[C@H](CC(C)C)NC(=O)c1ccc2ccccc2n1)C(C)O)C(=O)COc1c(F)cccc1F. The molecule has 55 heavy (non-hydrogen) atoms. The summed E-state index contributed by atoms with van der Waals surface area (Å²) in [6, 6.07) is 6.64. The first-order valence-electron chi connectivity index (χ1n) is 17.1. The number of methoxy groups -OCH3 is 1. The largest absolute Gasteiger partial charge is 0.481 e. The van der Waals surface area contributed by atoms with Crippen LogP contribution in [-0.4, -0.2) is 101 Å². The molecule has 0 fully saturated rings. The number of aliphatic hydroxyl groups excluding tert-OH is 1. The van der Waals surface area contributed by atoms with E-state index >= 15 is 0 Å². The van der Waals surface area contributed by atoms with E-state index in [9.17, 15) is 52.6 Å². The molecule has 5 atom stereocenters. The molecule has 0 aliphatic carbocycles. The third-order valence-electron chi connectivity index (χ3n) is 8.08. The van der Waals surface area contributed by atoms with E-state index in [2.05, 4.69) is 31.0 Å². The Labute approximate surface area is 314 Å². The summed E-state index contributed by atoms with van der Waals surface area (Å²) in [6.07, 6.45) is -3.45. The van der Waals surface area contributed by atoms with Crippen molar-refractivity contribution in [3.8, 4) is 5.75 Å². The van der Waals surface area contributed by atoms with E-state index in [-0.39, 0.29) is 18.0 Å². The highest BCUT2D eigenvalue weighted by Crippen LogP contribution is 2.21. The highest BCUT2D eigenvalue weighted by molar-refractivity contribution is 5.99. The van der Waals surface area contributed by atoms with Crippen LogP contribution in [0.15, 0.2) is 54.6 Å². The quantitative estimate of drug-likeness (QED) is 0.0898. The number of carboxylic acid groups (broad SMARTS) is 1. The number of aliphatic hydroxyl groups is 1. The number of nitrogens with one attached hydrogen (secondary N) is 4. The van der Waals surface area contributed by atoms with Gasteiger partial charge in [-0.3, -0.25) is 33.6 Å². The molecule has 0 radical (unpaired) electrons. The monoisotopic (exact) mass is 771 g/mol. The molecule has 0 saturated heterocycles. The summed E-state index contributed by atoms with van der Waals surface area (Å²) in [5.41, 5.74) is 0.551. The third-order valence-corrected chi connectivity index (χ3v) is 8.08. The topological polar surface area (TPSA) is 239 Å². The first-order chi connectivity index (χ1) is 26.0. The number of pyridine rings is 1. The molecule has 1 aromatic heterocycles. The number of aliphatic carboxylic acids is 1. The van der Waals surface area contributed by atoms with Crippen molar-refractivity contribution in [1.29, 1.82) is 0 Å². The Morgan fingerprint density at radius 2 is 1.42 bits per heavy atom. The molecule has 6 N–H and O–H groups in total. The van der Waals surface area contributed by atoms with Gasteiger partial charge < -0.3 is 41.0 Å². The number of carbonyl (C=O) groups is 7. The van der Waals surface area contributed by atoms with Gasteiger partial charge in [-0.2, -0.15) is 0 Å². The number of esters is 1. The van der Waals surface area contributed by atoms with Gasteiger partial charge in [-0.05, 0) is 49.9 Å². The number of benzene rings is 2. The van der Waals surface area contributed by atoms with Crippen LogP contribution in [0.3, 0.4) is 0 Å². The highest BCUT2D eigenvalue weighted by Gasteiger charge is 2.35. The lowest BCUT2D eigenvalue weighted by atomic mass is 10.0. The number of carbonyl (C=O) groups excluding carboxylic acids is 6. The summed E-state index contributed by atoms with van der Waals surface area (Å²) in [4.78, 5) is 94.6. The van der Waals surface area contributed by atoms with Gasteiger partial charge in [0.2, 0.25) is 17.7 Å². The van der Waals surface area contributed by atoms with E-state index in [4.69, 9.17) is 4.74 Å². The van der Waals surface area contributed by atoms with Gasteiger partial charge in [0.15, 0.2) is 23.2 Å². The van der Waals surface area contributed by atoms with Gasteiger partial charge in [0.1, 0.15) is 36.5 Å². The number of halogens is 2. The Morgan fingerprint density at radius 3 is 2.04 bits per heavy atom. The average Bonchev–Trinajstić information content (AvgIpc) is 3.13. The number of amides is 4. The zero-order chi connectivity index (χ0) is 40.8. The number of ketones is 1. The van der Waals surface area contributed by atoms with E-state index in [0.29, 0.717) is 5.52 Å². The van der Waals surface area contributed by atoms with Crippen molar-refractivity contribution in [2.45, 2.75) is 76.7 Å². The lowest BCUT2D eigenvalue weighted by Crippen LogP contribution is -2.60. The van der Waals surface area contributed by atoms with Crippen LogP contribution in [0.4, 0.5) is 8.78 Å². The van der Waals surface area contributed by atoms with Gasteiger partial charge in [0, 0.05) is 11.8 Å². The van der Waals surface area contributed by atoms with Crippen LogP contribution in [0.2, 0.25) is 0 Å². The van der Waals surface area contributed by atoms with Crippen molar-refractivity contribution in [3.63, 3.8) is 0 Å². The van der Waals surface area contributed by atoms with E-state index in [1.165, 1.54) is 6.07 Å². The number of hydrogen-bond acceptors (Lipinski definition) is 11. The number of hydrogen-bond donors (Lipinski definition) is 6. The minimum absolute atomic E-state index is 0.0150. The molecule has 3 aromatic rings. The average molecular weight is 772 g/mol. The van der Waals surface area contributed by atoms with E-state index in [0.717, 1.165) is 37.6 Å². The fraction of sp³-hybridized carbons (Fsp3) is 0.405. The second-order valence-corrected chi connectivity index (χ2v) is 12.9. The maximum Gasteiger partial charge on any atom is 0.308 e. The molecule has 0 bridgehead atoms. The summed E-state index contributed by atoms with van der Waals surface area (Å²) in [5.74, 6) is -10.5. The molecule has 0 saturated carbocycles. The second kappa shape index (κ2) is 20.4. The van der Waals surface area contributed by atoms with Crippen molar-refractivity contribution in [2.75, 3.05) is 13.7 Å². The Balaban J connectivity index is 1.78. The minimum Gasteiger partial charge on any atom is -0.481 e. The molecule has 2 aromatic carbocycles. The van der Waals surface area contributed by atoms with E-state index < -0.39 is 115 Å². The Hall–Kier alpha value is -6.04. The number of aromatic nitrogens is 1. The Kier molecular flexibility index (Phi) is 16.1. The fourth-order valence-electron chi connectivity index (χ4n) is 5.22. The van der Waals surface area contributed by atoms with Gasteiger partial charge in [0.05, 0.1) is 25.2 Å². The van der Waals surface area contributed by atoms with Crippen molar-refractivity contribution >= 4 is 52.3 Å². The zero-order valence-electron chi connectivity index (χ0n) is 30.5. The van der Waals surface area contributed by atoms with Crippen LogP contribution in [0.25, 0.3) is 10.9 Å². The van der Waals surface area contributed by atoms with Crippen LogP contribution < -0.4 is 26.0 Å². The summed E-state index contributed by atoms with van der Waals surface area (Å²) in [7, 11) is 0.999. The number of rotatable bonds is 20. The number of ether oxygens (including phenoxy) is 2. The van der Waals surface area contributed by atoms with Crippen LogP contribution in [0, 0.1) is 17.6 Å². The lowest BCUT2D eigenvalue weighted by Gasteiger charge is -2.27. The van der Waals surface area contributed by atoms with Gasteiger partial charge in [-0.1, -0.05) is 44.2 Å². The number of carboxylic acids is 1. The van der Waals surface area contributed by atoms with Crippen LogP contribution in [0.1, 0.15) is 56.9 Å². The number of nitrogens with zero attached hydrogens (tertiary/aromatic N) is 1. The Bertz CT molecular complexity index is 1870. The molecule has 3 rings (SSSR count). The zero-order valence-corrected chi connectivity index (χ0v) is 30.5. The molecule has 296 valence electrons. The first kappa shape index (κ1) is 43.4. The number of para-hydroxylation sites is 2. The van der Waals surface area contributed by atoms with E-state index in [1.54, 1.807) is 38.1 Å². The lowest BCUT2D eigenvalue weighted by molar-refractivity contribution is -0.144. The van der Waals surface area contributed by atoms with Crippen molar-refractivity contribution < 1.29 is 62.0 Å². The highest BCUT2D eigenvalue weighted by atomic mass is 19.1. The summed E-state index contributed by atoms with van der Waals surface area (Å²) in [6.45, 7) is 3.65. The van der Waals surface area contributed by atoms with Gasteiger partial charge in [-0.15, -0.1) is 0 Å². The smallest absolute Gasteiger partial charge is 0.308 e. The first-order valence-corrected chi connectivity index (χ1v) is 17.1. The second-order valence-electron chi connectivity index (χ2n) is 12.9.